The fourth-order valence-corrected chi connectivity index (χ4v) is 6.87. The fraction of sp³-hybridized carbons (Fsp3) is 0.524. The molecule has 1 aromatic rings. The van der Waals surface area contributed by atoms with Crippen molar-refractivity contribution in [3.05, 3.63) is 46.1 Å². The van der Waals surface area contributed by atoms with E-state index in [1.54, 1.807) is 0 Å². The summed E-state index contributed by atoms with van der Waals surface area (Å²) < 4.78 is 0. The van der Waals surface area contributed by atoms with Crippen LogP contribution < -0.4 is 10.6 Å². The van der Waals surface area contributed by atoms with Crippen molar-refractivity contribution in [3.63, 3.8) is 0 Å². The molecule has 1 unspecified atom stereocenters. The minimum absolute atomic E-state index is 0.114. The lowest BCUT2D eigenvalue weighted by Crippen LogP contribution is -2.54. The van der Waals surface area contributed by atoms with Gasteiger partial charge in [-0.1, -0.05) is 23.7 Å². The lowest BCUT2D eigenvalue weighted by molar-refractivity contribution is -0.0335. The van der Waals surface area contributed by atoms with Crippen LogP contribution in [-0.4, -0.2) is 5.11 Å². The Morgan fingerprint density at radius 3 is 2.35 bits per heavy atom. The number of thiocarbonyl (C=S) groups is 1. The van der Waals surface area contributed by atoms with Gasteiger partial charge >= 0.3 is 0 Å². The summed E-state index contributed by atoms with van der Waals surface area (Å²) in [6.07, 6.45) is 7.77. The fourth-order valence-electron chi connectivity index (χ4n) is 6.46. The number of hydrogen-bond donors (Lipinski definition) is 2. The molecule has 3 nitrogen and oxygen atoms in total. The maximum Gasteiger partial charge on any atom is 0.171 e. The van der Waals surface area contributed by atoms with Gasteiger partial charge in [-0.05, 0) is 86.2 Å². The SMILES string of the molecule is N#CC1=C(C23CC4CC(CC(C4)C2)C3)NC(=S)NC1c1cccc(Cl)c1. The minimum Gasteiger partial charge on any atom is -0.351 e. The molecule has 1 aliphatic heterocycles. The molecule has 4 saturated carbocycles. The average molecular weight is 384 g/mol. The minimum atomic E-state index is -0.213. The van der Waals surface area contributed by atoms with E-state index in [-0.39, 0.29) is 11.5 Å². The van der Waals surface area contributed by atoms with Gasteiger partial charge in [0, 0.05) is 16.1 Å². The third-order valence-corrected chi connectivity index (χ3v) is 7.40. The van der Waals surface area contributed by atoms with Gasteiger partial charge in [0.1, 0.15) is 0 Å². The second-order valence-electron chi connectivity index (χ2n) is 8.68. The summed E-state index contributed by atoms with van der Waals surface area (Å²) in [5, 5.41) is 18.1. The van der Waals surface area contributed by atoms with Gasteiger partial charge in [0.2, 0.25) is 0 Å². The van der Waals surface area contributed by atoms with E-state index in [0.29, 0.717) is 10.1 Å². The molecule has 134 valence electrons. The standard InChI is InChI=1S/C21H22ClN3S/c22-16-3-1-2-15(7-16)18-17(11-23)19(25-20(26)24-18)21-8-12-4-13(9-21)6-14(5-12)10-21/h1-3,7,12-14,18H,4-6,8-10H2,(H2,24,25,26). The van der Waals surface area contributed by atoms with Crippen LogP contribution >= 0.6 is 23.8 Å². The van der Waals surface area contributed by atoms with Crippen molar-refractivity contribution >= 4 is 28.9 Å². The Morgan fingerprint density at radius 2 is 1.77 bits per heavy atom. The third kappa shape index (κ3) is 2.56. The Kier molecular flexibility index (Phi) is 3.81. The summed E-state index contributed by atoms with van der Waals surface area (Å²) in [5.41, 5.74) is 3.01. The Hall–Kier alpha value is -1.57. The van der Waals surface area contributed by atoms with E-state index < -0.39 is 0 Å². The van der Waals surface area contributed by atoms with Gasteiger partial charge in [-0.25, -0.2) is 0 Å². The van der Waals surface area contributed by atoms with Gasteiger partial charge < -0.3 is 10.6 Å². The number of hydrogen-bond acceptors (Lipinski definition) is 2. The molecule has 2 N–H and O–H groups in total. The van der Waals surface area contributed by atoms with Gasteiger partial charge in [-0.2, -0.15) is 5.26 Å². The van der Waals surface area contributed by atoms with E-state index in [1.165, 1.54) is 38.5 Å². The molecule has 0 spiro atoms. The predicted molar refractivity (Wildman–Crippen MR) is 106 cm³/mol. The molecular formula is C21H22ClN3S. The van der Waals surface area contributed by atoms with E-state index >= 15 is 0 Å². The van der Waals surface area contributed by atoms with Gasteiger partial charge in [-0.3, -0.25) is 0 Å². The molecule has 1 atom stereocenters. The van der Waals surface area contributed by atoms with Crippen molar-refractivity contribution in [2.45, 2.75) is 44.6 Å². The highest BCUT2D eigenvalue weighted by atomic mass is 35.5. The molecule has 4 aliphatic carbocycles. The summed E-state index contributed by atoms with van der Waals surface area (Å²) in [7, 11) is 0. The zero-order valence-corrected chi connectivity index (χ0v) is 16.2. The molecule has 4 bridgehead atoms. The number of benzene rings is 1. The van der Waals surface area contributed by atoms with E-state index in [4.69, 9.17) is 23.8 Å². The van der Waals surface area contributed by atoms with Gasteiger partial charge in [-0.15, -0.1) is 0 Å². The van der Waals surface area contributed by atoms with Crippen molar-refractivity contribution in [2.24, 2.45) is 23.2 Å². The molecule has 1 aromatic carbocycles. The third-order valence-electron chi connectivity index (χ3n) is 6.94. The number of rotatable bonds is 2. The van der Waals surface area contributed by atoms with Crippen LogP contribution in [0.5, 0.6) is 0 Å². The topological polar surface area (TPSA) is 47.9 Å². The molecule has 0 radical (unpaired) electrons. The molecule has 5 heteroatoms. The second kappa shape index (κ2) is 5.97. The van der Waals surface area contributed by atoms with Crippen LogP contribution in [0.4, 0.5) is 0 Å². The average Bonchev–Trinajstić information content (AvgIpc) is 2.60. The lowest BCUT2D eigenvalue weighted by atomic mass is 9.48. The Labute approximate surface area is 164 Å². The second-order valence-corrected chi connectivity index (χ2v) is 9.53. The first-order valence-corrected chi connectivity index (χ1v) is 10.3. The molecule has 1 heterocycles. The van der Waals surface area contributed by atoms with Crippen molar-refractivity contribution in [2.75, 3.05) is 0 Å². The van der Waals surface area contributed by atoms with E-state index in [1.807, 2.05) is 24.3 Å². The highest BCUT2D eigenvalue weighted by Crippen LogP contribution is 2.63. The number of nitriles is 1. The highest BCUT2D eigenvalue weighted by molar-refractivity contribution is 7.80. The molecule has 0 aromatic heterocycles. The van der Waals surface area contributed by atoms with Crippen LogP contribution in [-0.2, 0) is 0 Å². The zero-order valence-electron chi connectivity index (χ0n) is 14.6. The monoisotopic (exact) mass is 383 g/mol. The largest absolute Gasteiger partial charge is 0.351 e. The van der Waals surface area contributed by atoms with Crippen LogP contribution in [0.25, 0.3) is 0 Å². The number of allylic oxidation sites excluding steroid dienone is 1. The quantitative estimate of drug-likeness (QED) is 0.716. The van der Waals surface area contributed by atoms with Crippen molar-refractivity contribution in [3.8, 4) is 6.07 Å². The molecule has 6 rings (SSSR count). The molecular weight excluding hydrogens is 362 g/mol. The predicted octanol–water partition coefficient (Wildman–Crippen LogP) is 4.85. The Bertz CT molecular complexity index is 818. The van der Waals surface area contributed by atoms with Crippen molar-refractivity contribution in [1.82, 2.24) is 10.6 Å². The maximum absolute atomic E-state index is 10.1. The first-order valence-electron chi connectivity index (χ1n) is 9.54. The molecule has 26 heavy (non-hydrogen) atoms. The normalized spacial score (nSPS) is 37.9. The van der Waals surface area contributed by atoms with Crippen LogP contribution in [0.3, 0.4) is 0 Å². The first kappa shape index (κ1) is 16.6. The van der Waals surface area contributed by atoms with E-state index in [0.717, 1.165) is 34.6 Å². The summed E-state index contributed by atoms with van der Waals surface area (Å²) in [6.45, 7) is 0. The smallest absolute Gasteiger partial charge is 0.171 e. The first-order chi connectivity index (χ1) is 12.6. The van der Waals surface area contributed by atoms with E-state index in [9.17, 15) is 5.26 Å². The summed E-state index contributed by atoms with van der Waals surface area (Å²) in [6, 6.07) is 10.1. The number of halogens is 1. The molecule has 0 amide bonds. The number of nitrogens with one attached hydrogen (secondary N) is 2. The summed E-state index contributed by atoms with van der Waals surface area (Å²) in [4.78, 5) is 0. The Balaban J connectivity index is 1.62. The lowest BCUT2D eigenvalue weighted by Gasteiger charge is -2.58. The summed E-state index contributed by atoms with van der Waals surface area (Å²) in [5.74, 6) is 2.47. The zero-order chi connectivity index (χ0) is 17.9. The molecule has 4 fully saturated rings. The highest BCUT2D eigenvalue weighted by Gasteiger charge is 2.54. The van der Waals surface area contributed by atoms with E-state index in [2.05, 4.69) is 16.7 Å². The van der Waals surface area contributed by atoms with Gasteiger partial charge in [0.25, 0.3) is 0 Å². The van der Waals surface area contributed by atoms with Crippen LogP contribution in [0.1, 0.15) is 50.1 Å². The molecule has 0 saturated heterocycles. The van der Waals surface area contributed by atoms with Crippen LogP contribution in [0.15, 0.2) is 35.5 Å². The van der Waals surface area contributed by atoms with Gasteiger partial charge in [0.15, 0.2) is 5.11 Å². The molecule has 5 aliphatic rings. The van der Waals surface area contributed by atoms with Crippen LogP contribution in [0.2, 0.25) is 5.02 Å². The maximum atomic E-state index is 10.1. The van der Waals surface area contributed by atoms with Crippen molar-refractivity contribution in [1.29, 1.82) is 5.26 Å². The van der Waals surface area contributed by atoms with Gasteiger partial charge in [0.05, 0.1) is 17.7 Å². The Morgan fingerprint density at radius 1 is 1.12 bits per heavy atom. The van der Waals surface area contributed by atoms with Crippen molar-refractivity contribution < 1.29 is 0 Å². The number of nitrogens with zero attached hydrogens (tertiary/aromatic N) is 1. The summed E-state index contributed by atoms with van der Waals surface area (Å²) >= 11 is 11.8. The van der Waals surface area contributed by atoms with Crippen LogP contribution in [0, 0.1) is 34.5 Å².